The summed E-state index contributed by atoms with van der Waals surface area (Å²) >= 11 is 0. The largest absolute Gasteiger partial charge is 0.392 e. The SMILES string of the molecule is [N-]=[N+]=NCCCCNC(=O)C1CCCCC1C(F)(F)F. The van der Waals surface area contributed by atoms with Crippen LogP contribution in [0.5, 0.6) is 0 Å². The lowest BCUT2D eigenvalue weighted by Gasteiger charge is -2.32. The quantitative estimate of drug-likeness (QED) is 0.345. The van der Waals surface area contributed by atoms with Gasteiger partial charge in [-0.2, -0.15) is 13.2 Å². The average molecular weight is 292 g/mol. The normalized spacial score (nSPS) is 22.9. The molecule has 1 N–H and O–H groups in total. The second kappa shape index (κ2) is 7.99. The fourth-order valence-corrected chi connectivity index (χ4v) is 2.53. The lowest BCUT2D eigenvalue weighted by atomic mass is 9.78. The molecule has 1 amide bonds. The first-order valence-corrected chi connectivity index (χ1v) is 6.82. The van der Waals surface area contributed by atoms with Gasteiger partial charge in [-0.3, -0.25) is 4.79 Å². The van der Waals surface area contributed by atoms with Crippen molar-refractivity contribution in [1.29, 1.82) is 0 Å². The maximum Gasteiger partial charge on any atom is 0.392 e. The number of unbranched alkanes of at least 4 members (excludes halogenated alkanes) is 1. The van der Waals surface area contributed by atoms with Crippen molar-refractivity contribution < 1.29 is 18.0 Å². The minimum atomic E-state index is -4.30. The van der Waals surface area contributed by atoms with Gasteiger partial charge >= 0.3 is 6.18 Å². The first kappa shape index (κ1) is 16.6. The third-order valence-electron chi connectivity index (χ3n) is 3.57. The van der Waals surface area contributed by atoms with Crippen LogP contribution in [0.4, 0.5) is 13.2 Å². The summed E-state index contributed by atoms with van der Waals surface area (Å²) < 4.78 is 38.6. The number of halogens is 3. The molecule has 20 heavy (non-hydrogen) atoms. The van der Waals surface area contributed by atoms with Crippen LogP contribution in [0.15, 0.2) is 5.11 Å². The second-order valence-corrected chi connectivity index (χ2v) is 4.99. The maximum absolute atomic E-state index is 12.9. The van der Waals surface area contributed by atoms with E-state index in [4.69, 9.17) is 5.53 Å². The van der Waals surface area contributed by atoms with Crippen LogP contribution >= 0.6 is 0 Å². The average Bonchev–Trinajstić information content (AvgIpc) is 2.41. The van der Waals surface area contributed by atoms with Crippen molar-refractivity contribution in [3.63, 3.8) is 0 Å². The highest BCUT2D eigenvalue weighted by atomic mass is 19.4. The molecule has 1 fully saturated rings. The standard InChI is InChI=1S/C12H19F3N4O/c13-12(14,15)10-6-2-1-5-9(10)11(20)17-7-3-4-8-18-19-16/h9-10H,1-8H2,(H,17,20). The van der Waals surface area contributed by atoms with Gasteiger partial charge in [0.2, 0.25) is 5.91 Å². The van der Waals surface area contributed by atoms with Gasteiger partial charge in [0.05, 0.1) is 5.92 Å². The van der Waals surface area contributed by atoms with E-state index in [1.807, 2.05) is 0 Å². The number of carbonyl (C=O) groups is 1. The number of nitrogens with one attached hydrogen (secondary N) is 1. The van der Waals surface area contributed by atoms with E-state index < -0.39 is 23.9 Å². The lowest BCUT2D eigenvalue weighted by Crippen LogP contribution is -2.42. The van der Waals surface area contributed by atoms with E-state index >= 15 is 0 Å². The van der Waals surface area contributed by atoms with Crippen LogP contribution in [0.1, 0.15) is 38.5 Å². The molecule has 0 spiro atoms. The molecule has 0 aromatic rings. The number of hydrogen-bond donors (Lipinski definition) is 1. The minimum Gasteiger partial charge on any atom is -0.356 e. The number of azide groups is 1. The number of amides is 1. The van der Waals surface area contributed by atoms with Crippen molar-refractivity contribution in [2.24, 2.45) is 17.0 Å². The molecule has 0 bridgehead atoms. The monoisotopic (exact) mass is 292 g/mol. The molecule has 0 heterocycles. The fraction of sp³-hybridized carbons (Fsp3) is 0.917. The van der Waals surface area contributed by atoms with Gasteiger partial charge in [-0.05, 0) is 31.2 Å². The Labute approximate surface area is 115 Å². The molecule has 114 valence electrons. The van der Waals surface area contributed by atoms with Gasteiger partial charge in [0, 0.05) is 23.9 Å². The number of alkyl halides is 3. The fourth-order valence-electron chi connectivity index (χ4n) is 2.53. The highest BCUT2D eigenvalue weighted by Crippen LogP contribution is 2.41. The van der Waals surface area contributed by atoms with Gasteiger partial charge < -0.3 is 5.32 Å². The van der Waals surface area contributed by atoms with Gasteiger partial charge in [0.1, 0.15) is 0 Å². The van der Waals surface area contributed by atoms with Crippen LogP contribution in [-0.2, 0) is 4.79 Å². The second-order valence-electron chi connectivity index (χ2n) is 4.99. The lowest BCUT2D eigenvalue weighted by molar-refractivity contribution is -0.198. The Balaban J connectivity index is 2.38. The zero-order valence-electron chi connectivity index (χ0n) is 11.2. The molecular weight excluding hydrogens is 273 g/mol. The number of rotatable bonds is 6. The Kier molecular flexibility index (Phi) is 6.64. The summed E-state index contributed by atoms with van der Waals surface area (Å²) in [5.41, 5.74) is 8.07. The molecular formula is C12H19F3N4O. The summed E-state index contributed by atoms with van der Waals surface area (Å²) in [6.45, 7) is 0.655. The van der Waals surface area contributed by atoms with Crippen molar-refractivity contribution >= 4 is 5.91 Å². The molecule has 1 rings (SSSR count). The molecule has 0 saturated heterocycles. The van der Waals surface area contributed by atoms with Crippen LogP contribution in [0.3, 0.4) is 0 Å². The molecule has 1 saturated carbocycles. The van der Waals surface area contributed by atoms with E-state index in [0.717, 1.165) is 0 Å². The predicted octanol–water partition coefficient (Wildman–Crippen LogP) is 3.56. The Bertz CT molecular complexity index is 366. The van der Waals surface area contributed by atoms with Crippen LogP contribution in [0.2, 0.25) is 0 Å². The van der Waals surface area contributed by atoms with Gasteiger partial charge in [-0.15, -0.1) is 0 Å². The van der Waals surface area contributed by atoms with Gasteiger partial charge in [0.25, 0.3) is 0 Å². The predicted molar refractivity (Wildman–Crippen MR) is 67.8 cm³/mol. The van der Waals surface area contributed by atoms with Crippen molar-refractivity contribution in [1.82, 2.24) is 5.32 Å². The first-order valence-electron chi connectivity index (χ1n) is 6.82. The van der Waals surface area contributed by atoms with Crippen molar-refractivity contribution in [3.8, 4) is 0 Å². The third-order valence-corrected chi connectivity index (χ3v) is 3.57. The maximum atomic E-state index is 12.9. The van der Waals surface area contributed by atoms with Gasteiger partial charge in [-0.25, -0.2) is 0 Å². The first-order chi connectivity index (χ1) is 9.46. The Morgan fingerprint density at radius 3 is 2.65 bits per heavy atom. The summed E-state index contributed by atoms with van der Waals surface area (Å²) in [5, 5.41) is 5.90. The zero-order chi connectivity index (χ0) is 15.0. The number of hydrogen-bond acceptors (Lipinski definition) is 2. The summed E-state index contributed by atoms with van der Waals surface area (Å²) in [7, 11) is 0. The summed E-state index contributed by atoms with van der Waals surface area (Å²) in [6.07, 6.45) is -1.56. The summed E-state index contributed by atoms with van der Waals surface area (Å²) in [5.74, 6) is -2.98. The van der Waals surface area contributed by atoms with Gasteiger partial charge in [-0.1, -0.05) is 18.0 Å². The van der Waals surface area contributed by atoms with Crippen molar-refractivity contribution in [3.05, 3.63) is 10.4 Å². The molecule has 0 aliphatic heterocycles. The Hall–Kier alpha value is -1.43. The van der Waals surface area contributed by atoms with Crippen molar-refractivity contribution in [2.45, 2.75) is 44.7 Å². The molecule has 2 atom stereocenters. The minimum absolute atomic E-state index is 0.0401. The Morgan fingerprint density at radius 1 is 1.30 bits per heavy atom. The summed E-state index contributed by atoms with van der Waals surface area (Å²) in [6, 6.07) is 0. The van der Waals surface area contributed by atoms with Crippen LogP contribution in [0, 0.1) is 11.8 Å². The molecule has 0 radical (unpaired) electrons. The molecule has 0 aromatic carbocycles. The molecule has 5 nitrogen and oxygen atoms in total. The summed E-state index contributed by atoms with van der Waals surface area (Å²) in [4.78, 5) is 14.4. The van der Waals surface area contributed by atoms with E-state index in [0.29, 0.717) is 45.2 Å². The number of carbonyl (C=O) groups excluding carboxylic acids is 1. The molecule has 2 unspecified atom stereocenters. The van der Waals surface area contributed by atoms with E-state index in [1.165, 1.54) is 0 Å². The van der Waals surface area contributed by atoms with E-state index in [-0.39, 0.29) is 6.42 Å². The third kappa shape index (κ3) is 5.28. The van der Waals surface area contributed by atoms with E-state index in [9.17, 15) is 18.0 Å². The topological polar surface area (TPSA) is 77.9 Å². The van der Waals surface area contributed by atoms with Crippen molar-refractivity contribution in [2.75, 3.05) is 13.1 Å². The van der Waals surface area contributed by atoms with Crippen LogP contribution < -0.4 is 5.32 Å². The molecule has 1 aliphatic rings. The highest BCUT2D eigenvalue weighted by molar-refractivity contribution is 5.79. The Morgan fingerprint density at radius 2 is 2.00 bits per heavy atom. The van der Waals surface area contributed by atoms with E-state index in [1.54, 1.807) is 0 Å². The smallest absolute Gasteiger partial charge is 0.356 e. The van der Waals surface area contributed by atoms with Crippen LogP contribution in [0.25, 0.3) is 10.4 Å². The molecule has 1 aliphatic carbocycles. The number of nitrogens with zero attached hydrogens (tertiary/aromatic N) is 3. The van der Waals surface area contributed by atoms with Crippen LogP contribution in [-0.4, -0.2) is 25.2 Å². The zero-order valence-corrected chi connectivity index (χ0v) is 11.2. The molecule has 0 aromatic heterocycles. The molecule has 8 heteroatoms. The highest BCUT2D eigenvalue weighted by Gasteiger charge is 2.47. The van der Waals surface area contributed by atoms with Gasteiger partial charge in [0.15, 0.2) is 0 Å². The van der Waals surface area contributed by atoms with E-state index in [2.05, 4.69) is 15.3 Å².